The summed E-state index contributed by atoms with van der Waals surface area (Å²) < 4.78 is 45.1. The molecule has 1 N–H and O–H groups in total. The van der Waals surface area contributed by atoms with Gasteiger partial charge in [0.15, 0.2) is 11.5 Å². The molecule has 0 saturated heterocycles. The molecule has 11 heteroatoms. The minimum absolute atomic E-state index is 0.0361. The maximum Gasteiger partial charge on any atom is 0.264 e. The second-order valence-corrected chi connectivity index (χ2v) is 11.1. The van der Waals surface area contributed by atoms with Crippen LogP contribution < -0.4 is 23.9 Å². The minimum atomic E-state index is -4.10. The van der Waals surface area contributed by atoms with Crippen LogP contribution in [0.2, 0.25) is 5.02 Å². The molecule has 0 aliphatic heterocycles. The number of rotatable bonds is 13. The van der Waals surface area contributed by atoms with Gasteiger partial charge in [-0.1, -0.05) is 54.1 Å². The first kappa shape index (κ1) is 30.4. The lowest BCUT2D eigenvalue weighted by atomic mass is 10.2. The van der Waals surface area contributed by atoms with Gasteiger partial charge < -0.3 is 14.2 Å². The number of hydrogen-bond acceptors (Lipinski definition) is 7. The second-order valence-electron chi connectivity index (χ2n) is 8.84. The number of hydrazone groups is 1. The number of sulfonamides is 1. The average molecular weight is 608 g/mol. The van der Waals surface area contributed by atoms with E-state index in [1.54, 1.807) is 72.8 Å². The summed E-state index contributed by atoms with van der Waals surface area (Å²) in [7, 11) is -2.67. The number of para-hydroxylation sites is 2. The van der Waals surface area contributed by atoms with Crippen molar-refractivity contribution in [2.24, 2.45) is 5.10 Å². The zero-order valence-electron chi connectivity index (χ0n) is 23.1. The van der Waals surface area contributed by atoms with Crippen LogP contribution in [0.25, 0.3) is 0 Å². The largest absolute Gasteiger partial charge is 0.495 e. The van der Waals surface area contributed by atoms with E-state index in [-0.39, 0.29) is 10.6 Å². The van der Waals surface area contributed by atoms with Gasteiger partial charge in [-0.2, -0.15) is 5.10 Å². The SMILES string of the molecule is CCOc1cc(C=NNC(=O)CN(c2ccccc2OC)S(=O)(=O)c2ccccc2)ccc1OCc1ccc(Cl)cc1. The monoisotopic (exact) mass is 607 g/mol. The van der Waals surface area contributed by atoms with Crippen molar-refractivity contribution in [1.29, 1.82) is 0 Å². The summed E-state index contributed by atoms with van der Waals surface area (Å²) in [4.78, 5) is 13.0. The lowest BCUT2D eigenvalue weighted by Gasteiger charge is -2.25. The van der Waals surface area contributed by atoms with Crippen molar-refractivity contribution in [2.45, 2.75) is 18.4 Å². The van der Waals surface area contributed by atoms with Crippen molar-refractivity contribution in [1.82, 2.24) is 5.43 Å². The number of halogens is 1. The molecule has 0 radical (unpaired) electrons. The first-order valence-electron chi connectivity index (χ1n) is 13.0. The third kappa shape index (κ3) is 7.80. The summed E-state index contributed by atoms with van der Waals surface area (Å²) in [5.74, 6) is 0.712. The molecular formula is C31H30ClN3O6S. The molecule has 0 saturated carbocycles. The number of anilines is 1. The molecule has 0 aliphatic carbocycles. The summed E-state index contributed by atoms with van der Waals surface area (Å²) >= 11 is 5.95. The number of ether oxygens (including phenoxy) is 3. The molecule has 0 spiro atoms. The molecule has 42 heavy (non-hydrogen) atoms. The molecule has 0 heterocycles. The third-order valence-corrected chi connectivity index (χ3v) is 7.98. The fraction of sp³-hybridized carbons (Fsp3) is 0.161. The molecule has 0 unspecified atom stereocenters. The van der Waals surface area contributed by atoms with Crippen LogP contribution in [0.15, 0.2) is 107 Å². The fourth-order valence-corrected chi connectivity index (χ4v) is 5.51. The highest BCUT2D eigenvalue weighted by Gasteiger charge is 2.29. The summed E-state index contributed by atoms with van der Waals surface area (Å²) in [6.07, 6.45) is 1.43. The molecule has 218 valence electrons. The van der Waals surface area contributed by atoms with E-state index in [4.69, 9.17) is 25.8 Å². The van der Waals surface area contributed by atoms with Crippen LogP contribution in [0, 0.1) is 0 Å². The van der Waals surface area contributed by atoms with Crippen molar-refractivity contribution in [3.63, 3.8) is 0 Å². The standard InChI is InChI=1S/C31H30ClN3O6S/c1-3-40-30-19-24(15-18-29(30)41-22-23-13-16-25(32)17-14-23)20-33-34-31(36)21-35(27-11-7-8-12-28(27)39-2)42(37,38)26-9-5-4-6-10-26/h4-20H,3,21-22H2,1-2H3,(H,34,36). The highest BCUT2D eigenvalue weighted by molar-refractivity contribution is 7.92. The van der Waals surface area contributed by atoms with Gasteiger partial charge in [0, 0.05) is 5.02 Å². The smallest absolute Gasteiger partial charge is 0.264 e. The van der Waals surface area contributed by atoms with Crippen molar-refractivity contribution in [3.8, 4) is 17.2 Å². The number of carbonyl (C=O) groups is 1. The van der Waals surface area contributed by atoms with Gasteiger partial charge in [-0.15, -0.1) is 0 Å². The maximum atomic E-state index is 13.5. The lowest BCUT2D eigenvalue weighted by molar-refractivity contribution is -0.119. The van der Waals surface area contributed by atoms with Gasteiger partial charge in [0.1, 0.15) is 18.9 Å². The normalized spacial score (nSPS) is 11.2. The van der Waals surface area contributed by atoms with E-state index in [1.165, 1.54) is 25.5 Å². The Morgan fingerprint density at radius 1 is 0.905 bits per heavy atom. The summed E-state index contributed by atoms with van der Waals surface area (Å²) in [5, 5.41) is 4.68. The van der Waals surface area contributed by atoms with Crippen LogP contribution in [0.4, 0.5) is 5.69 Å². The van der Waals surface area contributed by atoms with Crippen LogP contribution in [-0.2, 0) is 21.4 Å². The van der Waals surface area contributed by atoms with E-state index >= 15 is 0 Å². The maximum absolute atomic E-state index is 13.5. The highest BCUT2D eigenvalue weighted by Crippen LogP contribution is 2.32. The Bertz CT molecular complexity index is 1630. The number of benzene rings is 4. The Hall–Kier alpha value is -4.54. The number of hydrogen-bond donors (Lipinski definition) is 1. The third-order valence-electron chi connectivity index (χ3n) is 5.95. The van der Waals surface area contributed by atoms with Gasteiger partial charge in [0.05, 0.1) is 30.5 Å². The number of methoxy groups -OCH3 is 1. The van der Waals surface area contributed by atoms with E-state index in [0.717, 1.165) is 9.87 Å². The molecule has 4 rings (SSSR count). The average Bonchev–Trinajstić information content (AvgIpc) is 3.01. The molecule has 0 fully saturated rings. The van der Waals surface area contributed by atoms with Crippen molar-refractivity contribution in [2.75, 3.05) is 24.6 Å². The Balaban J connectivity index is 1.48. The van der Waals surface area contributed by atoms with Gasteiger partial charge in [-0.3, -0.25) is 9.10 Å². The number of nitrogens with zero attached hydrogens (tertiary/aromatic N) is 2. The zero-order valence-corrected chi connectivity index (χ0v) is 24.6. The molecule has 4 aromatic rings. The van der Waals surface area contributed by atoms with Crippen LogP contribution in [0.1, 0.15) is 18.1 Å². The fourth-order valence-electron chi connectivity index (χ4n) is 3.93. The van der Waals surface area contributed by atoms with Gasteiger partial charge in [-0.05, 0) is 72.6 Å². The molecule has 0 atom stereocenters. The van der Waals surface area contributed by atoms with Gasteiger partial charge in [0.2, 0.25) is 0 Å². The van der Waals surface area contributed by atoms with E-state index in [9.17, 15) is 13.2 Å². The Morgan fingerprint density at radius 3 is 2.33 bits per heavy atom. The minimum Gasteiger partial charge on any atom is -0.495 e. The quantitative estimate of drug-likeness (QED) is 0.155. The summed E-state index contributed by atoms with van der Waals surface area (Å²) in [6, 6.07) is 27.0. The number of amides is 1. The van der Waals surface area contributed by atoms with Crippen molar-refractivity contribution >= 4 is 39.4 Å². The molecule has 0 aromatic heterocycles. The van der Waals surface area contributed by atoms with E-state index in [1.807, 2.05) is 19.1 Å². The zero-order chi connectivity index (χ0) is 30.0. The van der Waals surface area contributed by atoms with E-state index < -0.39 is 22.5 Å². The second kappa shape index (κ2) is 14.4. The molecule has 0 bridgehead atoms. The van der Waals surface area contributed by atoms with Crippen LogP contribution in [0.5, 0.6) is 17.2 Å². The number of carbonyl (C=O) groups excluding carboxylic acids is 1. The first-order chi connectivity index (χ1) is 20.3. The number of nitrogens with one attached hydrogen (secondary N) is 1. The summed E-state index contributed by atoms with van der Waals surface area (Å²) in [6.45, 7) is 2.08. The van der Waals surface area contributed by atoms with Gasteiger partial charge >= 0.3 is 0 Å². The van der Waals surface area contributed by atoms with E-state index in [0.29, 0.717) is 41.0 Å². The van der Waals surface area contributed by atoms with Crippen LogP contribution >= 0.6 is 11.6 Å². The first-order valence-corrected chi connectivity index (χ1v) is 14.8. The molecular weight excluding hydrogens is 578 g/mol. The van der Waals surface area contributed by atoms with Crippen LogP contribution in [-0.4, -0.2) is 40.8 Å². The molecule has 9 nitrogen and oxygen atoms in total. The van der Waals surface area contributed by atoms with Crippen molar-refractivity contribution < 1.29 is 27.4 Å². The van der Waals surface area contributed by atoms with Crippen LogP contribution in [0.3, 0.4) is 0 Å². The Labute approximate surface area is 250 Å². The predicted molar refractivity (Wildman–Crippen MR) is 163 cm³/mol. The molecule has 0 aliphatic rings. The Morgan fingerprint density at radius 2 is 1.62 bits per heavy atom. The highest BCUT2D eigenvalue weighted by atomic mass is 35.5. The topological polar surface area (TPSA) is 107 Å². The summed E-state index contributed by atoms with van der Waals surface area (Å²) in [5.41, 5.74) is 4.22. The lowest BCUT2D eigenvalue weighted by Crippen LogP contribution is -2.39. The van der Waals surface area contributed by atoms with E-state index in [2.05, 4.69) is 10.5 Å². The molecule has 4 aromatic carbocycles. The van der Waals surface area contributed by atoms with Crippen molar-refractivity contribution in [3.05, 3.63) is 113 Å². The van der Waals surface area contributed by atoms with Gasteiger partial charge in [-0.25, -0.2) is 13.8 Å². The molecule has 1 amide bonds. The predicted octanol–water partition coefficient (Wildman–Crippen LogP) is 5.67. The van der Waals surface area contributed by atoms with Gasteiger partial charge in [0.25, 0.3) is 15.9 Å². The Kier molecular flexibility index (Phi) is 10.4.